The zero-order valence-electron chi connectivity index (χ0n) is 11.0. The Morgan fingerprint density at radius 3 is 2.55 bits per heavy atom. The lowest BCUT2D eigenvalue weighted by Gasteiger charge is -2.15. The van der Waals surface area contributed by atoms with Gasteiger partial charge in [-0.2, -0.15) is 0 Å². The molecule has 0 heterocycles. The number of nitrogens with two attached hydrogens (primary N) is 1. The number of benzene rings is 1. The van der Waals surface area contributed by atoms with Crippen LogP contribution in [0.2, 0.25) is 0 Å². The molecule has 0 saturated heterocycles. The molecule has 1 aliphatic rings. The third-order valence-electron chi connectivity index (χ3n) is 3.29. The van der Waals surface area contributed by atoms with Crippen LogP contribution in [0.4, 0.5) is 4.39 Å². The zero-order valence-corrected chi connectivity index (χ0v) is 11.0. The normalized spacial score (nSPS) is 21.4. The standard InChI is InChI=1S/C14H17FN2O3/c15-11-2-1-3-12(11)17-13(18)8-20-10-6-4-9(5-7-10)14(16)19/h4-7,11-12H,1-3,8H2,(H2,16,19)(H,17,18)/t11-,12+/m1/s1. The van der Waals surface area contributed by atoms with Crippen LogP contribution in [0.1, 0.15) is 29.6 Å². The molecule has 0 unspecified atom stereocenters. The number of hydrogen-bond donors (Lipinski definition) is 2. The fourth-order valence-electron chi connectivity index (χ4n) is 2.19. The number of carbonyl (C=O) groups is 2. The Kier molecular flexibility index (Phi) is 4.55. The lowest BCUT2D eigenvalue weighted by Crippen LogP contribution is -2.40. The summed E-state index contributed by atoms with van der Waals surface area (Å²) in [6, 6.07) is 5.75. The number of carbonyl (C=O) groups excluding carboxylic acids is 2. The van der Waals surface area contributed by atoms with Crippen LogP contribution in [0.25, 0.3) is 0 Å². The highest BCUT2D eigenvalue weighted by molar-refractivity contribution is 5.92. The Balaban J connectivity index is 1.79. The first-order chi connectivity index (χ1) is 9.56. The van der Waals surface area contributed by atoms with Crippen LogP contribution < -0.4 is 15.8 Å². The van der Waals surface area contributed by atoms with Gasteiger partial charge >= 0.3 is 0 Å². The van der Waals surface area contributed by atoms with E-state index in [9.17, 15) is 14.0 Å². The fraction of sp³-hybridized carbons (Fsp3) is 0.429. The van der Waals surface area contributed by atoms with Gasteiger partial charge < -0.3 is 15.8 Å². The Morgan fingerprint density at radius 2 is 2.00 bits per heavy atom. The van der Waals surface area contributed by atoms with Crippen molar-refractivity contribution in [2.75, 3.05) is 6.61 Å². The molecule has 2 amide bonds. The molecule has 1 fully saturated rings. The molecule has 3 N–H and O–H groups in total. The molecular formula is C14H17FN2O3. The van der Waals surface area contributed by atoms with E-state index in [0.29, 0.717) is 24.2 Å². The minimum Gasteiger partial charge on any atom is -0.484 e. The molecule has 1 aliphatic carbocycles. The van der Waals surface area contributed by atoms with Gasteiger partial charge in [-0.15, -0.1) is 0 Å². The van der Waals surface area contributed by atoms with Gasteiger partial charge in [0.05, 0.1) is 6.04 Å². The second kappa shape index (κ2) is 6.36. The summed E-state index contributed by atoms with van der Waals surface area (Å²) in [7, 11) is 0. The van der Waals surface area contributed by atoms with Crippen molar-refractivity contribution < 1.29 is 18.7 Å². The maximum absolute atomic E-state index is 13.3. The van der Waals surface area contributed by atoms with Gasteiger partial charge in [0.2, 0.25) is 5.91 Å². The van der Waals surface area contributed by atoms with Gasteiger partial charge in [-0.25, -0.2) is 4.39 Å². The predicted octanol–water partition coefficient (Wildman–Crippen LogP) is 1.17. The van der Waals surface area contributed by atoms with Crippen molar-refractivity contribution in [1.82, 2.24) is 5.32 Å². The largest absolute Gasteiger partial charge is 0.484 e. The van der Waals surface area contributed by atoms with Crippen molar-refractivity contribution in [2.24, 2.45) is 5.73 Å². The van der Waals surface area contributed by atoms with Crippen molar-refractivity contribution in [1.29, 1.82) is 0 Å². The van der Waals surface area contributed by atoms with Crippen molar-refractivity contribution in [3.63, 3.8) is 0 Å². The Morgan fingerprint density at radius 1 is 1.30 bits per heavy atom. The summed E-state index contributed by atoms with van der Waals surface area (Å²) >= 11 is 0. The number of rotatable bonds is 5. The molecule has 20 heavy (non-hydrogen) atoms. The molecule has 108 valence electrons. The van der Waals surface area contributed by atoms with Crippen molar-refractivity contribution in [3.05, 3.63) is 29.8 Å². The van der Waals surface area contributed by atoms with E-state index in [4.69, 9.17) is 10.5 Å². The van der Waals surface area contributed by atoms with E-state index in [1.54, 1.807) is 12.1 Å². The minimum absolute atomic E-state index is 0.181. The fourth-order valence-corrected chi connectivity index (χ4v) is 2.19. The number of primary amides is 1. The molecule has 0 aliphatic heterocycles. The zero-order chi connectivity index (χ0) is 14.5. The van der Waals surface area contributed by atoms with Crippen LogP contribution in [-0.2, 0) is 4.79 Å². The van der Waals surface area contributed by atoms with Crippen LogP contribution in [0, 0.1) is 0 Å². The van der Waals surface area contributed by atoms with E-state index >= 15 is 0 Å². The van der Waals surface area contributed by atoms with Gasteiger partial charge in [0.1, 0.15) is 11.9 Å². The number of alkyl halides is 1. The highest BCUT2D eigenvalue weighted by Gasteiger charge is 2.28. The van der Waals surface area contributed by atoms with Crippen LogP contribution in [0.3, 0.4) is 0 Å². The second-order valence-electron chi connectivity index (χ2n) is 4.80. The molecular weight excluding hydrogens is 263 g/mol. The van der Waals surface area contributed by atoms with Crippen molar-refractivity contribution >= 4 is 11.8 Å². The summed E-state index contributed by atoms with van der Waals surface area (Å²) in [4.78, 5) is 22.5. The van der Waals surface area contributed by atoms with Crippen LogP contribution >= 0.6 is 0 Å². The number of nitrogens with one attached hydrogen (secondary N) is 1. The van der Waals surface area contributed by atoms with Crippen LogP contribution in [0.5, 0.6) is 5.75 Å². The molecule has 5 nitrogen and oxygen atoms in total. The van der Waals surface area contributed by atoms with E-state index < -0.39 is 18.1 Å². The monoisotopic (exact) mass is 280 g/mol. The summed E-state index contributed by atoms with van der Waals surface area (Å²) in [6.45, 7) is -0.181. The molecule has 0 radical (unpaired) electrons. The highest BCUT2D eigenvalue weighted by Crippen LogP contribution is 2.21. The maximum Gasteiger partial charge on any atom is 0.258 e. The number of halogens is 1. The molecule has 2 rings (SSSR count). The molecule has 1 saturated carbocycles. The first kappa shape index (κ1) is 14.3. The van der Waals surface area contributed by atoms with Gasteiger partial charge in [-0.1, -0.05) is 0 Å². The molecule has 0 bridgehead atoms. The topological polar surface area (TPSA) is 81.4 Å². The van der Waals surface area contributed by atoms with E-state index in [-0.39, 0.29) is 12.5 Å². The number of amides is 2. The van der Waals surface area contributed by atoms with Crippen LogP contribution in [-0.4, -0.2) is 30.6 Å². The molecule has 2 atom stereocenters. The van der Waals surface area contributed by atoms with E-state index in [2.05, 4.69) is 5.32 Å². The first-order valence-electron chi connectivity index (χ1n) is 6.52. The molecule has 1 aromatic rings. The van der Waals surface area contributed by atoms with Gasteiger partial charge in [0.15, 0.2) is 6.61 Å². The lowest BCUT2D eigenvalue weighted by atomic mass is 10.2. The number of ether oxygens (including phenoxy) is 1. The lowest BCUT2D eigenvalue weighted by molar-refractivity contribution is -0.124. The van der Waals surface area contributed by atoms with Gasteiger partial charge in [0.25, 0.3) is 5.91 Å². The second-order valence-corrected chi connectivity index (χ2v) is 4.80. The summed E-state index contributed by atoms with van der Waals surface area (Å²) < 4.78 is 18.6. The highest BCUT2D eigenvalue weighted by atomic mass is 19.1. The van der Waals surface area contributed by atoms with Crippen molar-refractivity contribution in [3.8, 4) is 5.75 Å². The Bertz CT molecular complexity index is 490. The summed E-state index contributed by atoms with van der Waals surface area (Å²) in [6.07, 6.45) is 0.996. The summed E-state index contributed by atoms with van der Waals surface area (Å²) in [5, 5.41) is 2.62. The molecule has 0 spiro atoms. The SMILES string of the molecule is NC(=O)c1ccc(OCC(=O)N[C@H]2CCC[C@H]2F)cc1. The summed E-state index contributed by atoms with van der Waals surface area (Å²) in [5.41, 5.74) is 5.48. The first-order valence-corrected chi connectivity index (χ1v) is 6.52. The maximum atomic E-state index is 13.3. The van der Waals surface area contributed by atoms with Gasteiger partial charge in [-0.05, 0) is 43.5 Å². The average Bonchev–Trinajstić information content (AvgIpc) is 2.82. The van der Waals surface area contributed by atoms with Gasteiger partial charge in [0, 0.05) is 5.56 Å². The Labute approximate surface area is 116 Å². The van der Waals surface area contributed by atoms with E-state index in [1.807, 2.05) is 0 Å². The summed E-state index contributed by atoms with van der Waals surface area (Å²) in [5.74, 6) is -0.420. The van der Waals surface area contributed by atoms with E-state index in [1.165, 1.54) is 12.1 Å². The predicted molar refractivity (Wildman–Crippen MR) is 71.1 cm³/mol. The minimum atomic E-state index is -0.964. The average molecular weight is 280 g/mol. The number of hydrogen-bond acceptors (Lipinski definition) is 3. The third kappa shape index (κ3) is 3.69. The van der Waals surface area contributed by atoms with Crippen LogP contribution in [0.15, 0.2) is 24.3 Å². The van der Waals surface area contributed by atoms with E-state index in [0.717, 1.165) is 6.42 Å². The van der Waals surface area contributed by atoms with Gasteiger partial charge in [-0.3, -0.25) is 9.59 Å². The molecule has 1 aromatic carbocycles. The smallest absolute Gasteiger partial charge is 0.258 e. The quantitative estimate of drug-likeness (QED) is 0.849. The molecule has 0 aromatic heterocycles. The Hall–Kier alpha value is -2.11. The third-order valence-corrected chi connectivity index (χ3v) is 3.29. The molecule has 6 heteroatoms. The van der Waals surface area contributed by atoms with Crippen molar-refractivity contribution in [2.45, 2.75) is 31.5 Å².